The molecule has 1 rings (SSSR count). The van der Waals surface area contributed by atoms with Gasteiger partial charge in [-0.2, -0.15) is 0 Å². The molecule has 1 unspecified atom stereocenters. The second kappa shape index (κ2) is 9.80. The Hall–Kier alpha value is -0.0800. The Bertz CT molecular complexity index is 188. The zero-order chi connectivity index (χ0) is 13.2. The van der Waals surface area contributed by atoms with E-state index in [2.05, 4.69) is 31.1 Å². The molecule has 0 saturated heterocycles. The van der Waals surface area contributed by atoms with E-state index < -0.39 is 0 Å². The van der Waals surface area contributed by atoms with E-state index in [0.29, 0.717) is 0 Å². The van der Waals surface area contributed by atoms with Crippen molar-refractivity contribution in [2.45, 2.75) is 71.3 Å². The SMILES string of the molecule is CCCCCN(C)CC(NCC)C1CCCCC1. The zero-order valence-corrected chi connectivity index (χ0v) is 12.9. The summed E-state index contributed by atoms with van der Waals surface area (Å²) in [5.74, 6) is 0.923. The van der Waals surface area contributed by atoms with Gasteiger partial charge in [0.2, 0.25) is 0 Å². The topological polar surface area (TPSA) is 15.3 Å². The largest absolute Gasteiger partial charge is 0.313 e. The molecule has 0 bridgehead atoms. The fourth-order valence-corrected chi connectivity index (χ4v) is 3.24. The molecule has 0 spiro atoms. The summed E-state index contributed by atoms with van der Waals surface area (Å²) in [5, 5.41) is 3.73. The average Bonchev–Trinajstić information content (AvgIpc) is 2.39. The van der Waals surface area contributed by atoms with Crippen LogP contribution in [-0.4, -0.2) is 37.6 Å². The second-order valence-electron chi connectivity index (χ2n) is 6.03. The van der Waals surface area contributed by atoms with Crippen molar-refractivity contribution in [3.63, 3.8) is 0 Å². The van der Waals surface area contributed by atoms with Gasteiger partial charge in [-0.05, 0) is 45.3 Å². The van der Waals surface area contributed by atoms with Crippen LogP contribution in [0.5, 0.6) is 0 Å². The number of hydrogen-bond donors (Lipinski definition) is 1. The van der Waals surface area contributed by atoms with Gasteiger partial charge in [0.15, 0.2) is 0 Å². The Balaban J connectivity index is 2.31. The molecule has 0 aliphatic heterocycles. The fourth-order valence-electron chi connectivity index (χ4n) is 3.24. The Morgan fingerprint density at radius 1 is 1.11 bits per heavy atom. The van der Waals surface area contributed by atoms with E-state index in [4.69, 9.17) is 0 Å². The molecule has 108 valence electrons. The summed E-state index contributed by atoms with van der Waals surface area (Å²) in [6.45, 7) is 8.14. The minimum absolute atomic E-state index is 0.724. The molecule has 0 aromatic carbocycles. The number of rotatable bonds is 9. The second-order valence-corrected chi connectivity index (χ2v) is 6.03. The molecule has 0 amide bonds. The molecule has 1 saturated carbocycles. The Morgan fingerprint density at radius 3 is 2.44 bits per heavy atom. The average molecular weight is 254 g/mol. The summed E-state index contributed by atoms with van der Waals surface area (Å²) in [4.78, 5) is 2.54. The van der Waals surface area contributed by atoms with Crippen molar-refractivity contribution in [3.8, 4) is 0 Å². The Kier molecular flexibility index (Phi) is 8.70. The Morgan fingerprint density at radius 2 is 1.83 bits per heavy atom. The van der Waals surface area contributed by atoms with Crippen molar-refractivity contribution in [3.05, 3.63) is 0 Å². The monoisotopic (exact) mass is 254 g/mol. The minimum Gasteiger partial charge on any atom is -0.313 e. The van der Waals surface area contributed by atoms with Crippen LogP contribution in [0.2, 0.25) is 0 Å². The highest BCUT2D eigenvalue weighted by Crippen LogP contribution is 2.26. The maximum absolute atomic E-state index is 3.73. The molecule has 1 aliphatic carbocycles. The van der Waals surface area contributed by atoms with E-state index in [1.54, 1.807) is 0 Å². The number of hydrogen-bond acceptors (Lipinski definition) is 2. The van der Waals surface area contributed by atoms with Crippen molar-refractivity contribution in [1.29, 1.82) is 0 Å². The molecule has 2 heteroatoms. The van der Waals surface area contributed by atoms with Gasteiger partial charge in [-0.1, -0.05) is 46.0 Å². The number of unbranched alkanes of at least 4 members (excludes halogenated alkanes) is 2. The van der Waals surface area contributed by atoms with Crippen LogP contribution in [0, 0.1) is 5.92 Å². The smallest absolute Gasteiger partial charge is 0.0222 e. The molecule has 2 nitrogen and oxygen atoms in total. The van der Waals surface area contributed by atoms with Crippen LogP contribution < -0.4 is 5.32 Å². The molecule has 1 aliphatic rings. The normalized spacial score (nSPS) is 19.3. The molecule has 0 radical (unpaired) electrons. The molecule has 18 heavy (non-hydrogen) atoms. The van der Waals surface area contributed by atoms with Gasteiger partial charge in [-0.3, -0.25) is 0 Å². The van der Waals surface area contributed by atoms with Gasteiger partial charge in [-0.25, -0.2) is 0 Å². The third-order valence-electron chi connectivity index (χ3n) is 4.34. The molecule has 1 fully saturated rings. The maximum Gasteiger partial charge on any atom is 0.0222 e. The van der Waals surface area contributed by atoms with Crippen LogP contribution in [0.3, 0.4) is 0 Å². The molecule has 1 N–H and O–H groups in total. The van der Waals surface area contributed by atoms with Crippen LogP contribution >= 0.6 is 0 Å². The van der Waals surface area contributed by atoms with Crippen molar-refractivity contribution < 1.29 is 0 Å². The lowest BCUT2D eigenvalue weighted by Crippen LogP contribution is -2.45. The predicted octanol–water partition coefficient (Wildman–Crippen LogP) is 3.67. The summed E-state index contributed by atoms with van der Waals surface area (Å²) in [5.41, 5.74) is 0. The van der Waals surface area contributed by atoms with Crippen LogP contribution in [0.25, 0.3) is 0 Å². The van der Waals surface area contributed by atoms with Crippen molar-refractivity contribution >= 4 is 0 Å². The standard InChI is InChI=1S/C16H34N2/c1-4-6-10-13-18(3)14-16(17-5-2)15-11-8-7-9-12-15/h15-17H,4-14H2,1-3H3. The van der Waals surface area contributed by atoms with E-state index in [9.17, 15) is 0 Å². The third kappa shape index (κ3) is 6.19. The van der Waals surface area contributed by atoms with E-state index in [1.165, 1.54) is 64.5 Å². The van der Waals surface area contributed by atoms with Crippen molar-refractivity contribution in [2.24, 2.45) is 5.92 Å². The highest BCUT2D eigenvalue weighted by molar-refractivity contribution is 4.81. The summed E-state index contributed by atoms with van der Waals surface area (Å²) >= 11 is 0. The van der Waals surface area contributed by atoms with E-state index >= 15 is 0 Å². The van der Waals surface area contributed by atoms with Gasteiger partial charge in [0.25, 0.3) is 0 Å². The highest BCUT2D eigenvalue weighted by atomic mass is 15.1. The van der Waals surface area contributed by atoms with Gasteiger partial charge in [-0.15, -0.1) is 0 Å². The first-order chi connectivity index (χ1) is 8.77. The van der Waals surface area contributed by atoms with E-state index in [1.807, 2.05) is 0 Å². The minimum atomic E-state index is 0.724. The number of nitrogens with one attached hydrogen (secondary N) is 1. The molecule has 1 atom stereocenters. The maximum atomic E-state index is 3.73. The van der Waals surface area contributed by atoms with Crippen molar-refractivity contribution in [2.75, 3.05) is 26.7 Å². The summed E-state index contributed by atoms with van der Waals surface area (Å²) in [6, 6.07) is 0.724. The number of nitrogens with zero attached hydrogens (tertiary/aromatic N) is 1. The van der Waals surface area contributed by atoms with Gasteiger partial charge >= 0.3 is 0 Å². The highest BCUT2D eigenvalue weighted by Gasteiger charge is 2.23. The molecule has 0 aromatic rings. The lowest BCUT2D eigenvalue weighted by atomic mass is 9.83. The van der Waals surface area contributed by atoms with Gasteiger partial charge in [0, 0.05) is 12.6 Å². The van der Waals surface area contributed by atoms with Crippen LogP contribution in [0.1, 0.15) is 65.2 Å². The lowest BCUT2D eigenvalue weighted by molar-refractivity contribution is 0.205. The summed E-state index contributed by atoms with van der Waals surface area (Å²) in [7, 11) is 2.29. The first-order valence-corrected chi connectivity index (χ1v) is 8.19. The Labute approximate surface area is 115 Å². The predicted molar refractivity (Wildman–Crippen MR) is 81.1 cm³/mol. The van der Waals surface area contributed by atoms with Gasteiger partial charge < -0.3 is 10.2 Å². The molecular weight excluding hydrogens is 220 g/mol. The number of likely N-dealkylation sites (N-methyl/N-ethyl adjacent to an activating group) is 2. The van der Waals surface area contributed by atoms with Crippen molar-refractivity contribution in [1.82, 2.24) is 10.2 Å². The van der Waals surface area contributed by atoms with Gasteiger partial charge in [0.1, 0.15) is 0 Å². The molecule has 0 heterocycles. The molecular formula is C16H34N2. The lowest BCUT2D eigenvalue weighted by Gasteiger charge is -2.33. The van der Waals surface area contributed by atoms with Crippen LogP contribution in [0.15, 0.2) is 0 Å². The van der Waals surface area contributed by atoms with E-state index in [0.717, 1.165) is 18.5 Å². The third-order valence-corrected chi connectivity index (χ3v) is 4.34. The quantitative estimate of drug-likeness (QED) is 0.632. The van der Waals surface area contributed by atoms with Crippen LogP contribution in [0.4, 0.5) is 0 Å². The first-order valence-electron chi connectivity index (χ1n) is 8.19. The fraction of sp³-hybridized carbons (Fsp3) is 1.00. The van der Waals surface area contributed by atoms with E-state index in [-0.39, 0.29) is 0 Å². The summed E-state index contributed by atoms with van der Waals surface area (Å²) in [6.07, 6.45) is 11.3. The zero-order valence-electron chi connectivity index (χ0n) is 12.9. The van der Waals surface area contributed by atoms with Gasteiger partial charge in [0.05, 0.1) is 0 Å². The van der Waals surface area contributed by atoms with Crippen LogP contribution in [-0.2, 0) is 0 Å². The first kappa shape index (κ1) is 16.0. The molecule has 0 aromatic heterocycles. The summed E-state index contributed by atoms with van der Waals surface area (Å²) < 4.78 is 0.